The molecule has 1 unspecified atom stereocenters. The van der Waals surface area contributed by atoms with Crippen LogP contribution in [0.15, 0.2) is 72.0 Å². The molecular weight excluding hydrogens is 412 g/mol. The van der Waals surface area contributed by atoms with Crippen LogP contribution in [0.5, 0.6) is 5.75 Å². The van der Waals surface area contributed by atoms with Crippen LogP contribution in [0, 0.1) is 0 Å². The third-order valence-electron chi connectivity index (χ3n) is 6.12. The predicted molar refractivity (Wildman–Crippen MR) is 133 cm³/mol. The van der Waals surface area contributed by atoms with Crippen LogP contribution in [-0.2, 0) is 13.1 Å². The number of benzene rings is 2. The molecule has 1 fully saturated rings. The highest BCUT2D eigenvalue weighted by Gasteiger charge is 2.26. The van der Waals surface area contributed by atoms with Crippen LogP contribution in [0.3, 0.4) is 0 Å². The van der Waals surface area contributed by atoms with E-state index in [4.69, 9.17) is 4.74 Å². The van der Waals surface area contributed by atoms with Crippen LogP contribution in [0.1, 0.15) is 35.6 Å². The van der Waals surface area contributed by atoms with E-state index in [-0.39, 0.29) is 6.04 Å². The second-order valence-corrected chi connectivity index (χ2v) is 8.33. The van der Waals surface area contributed by atoms with Gasteiger partial charge in [0.2, 0.25) is 0 Å². The molecule has 1 saturated heterocycles. The number of aliphatic imine (C=N–C) groups is 1. The van der Waals surface area contributed by atoms with Crippen molar-refractivity contribution in [1.82, 2.24) is 25.3 Å². The summed E-state index contributed by atoms with van der Waals surface area (Å²) < 4.78 is 7.60. The van der Waals surface area contributed by atoms with Gasteiger partial charge in [0.25, 0.3) is 0 Å². The summed E-state index contributed by atoms with van der Waals surface area (Å²) in [6.45, 7) is 4.46. The van der Waals surface area contributed by atoms with Gasteiger partial charge >= 0.3 is 0 Å². The first-order valence-corrected chi connectivity index (χ1v) is 11.6. The van der Waals surface area contributed by atoms with Crippen molar-refractivity contribution >= 4 is 5.96 Å². The summed E-state index contributed by atoms with van der Waals surface area (Å²) >= 11 is 0. The number of nitrogens with one attached hydrogen (secondary N) is 2. The summed E-state index contributed by atoms with van der Waals surface area (Å²) in [6.07, 6.45) is 6.28. The van der Waals surface area contributed by atoms with Gasteiger partial charge in [-0.05, 0) is 49.2 Å². The molecule has 2 aromatic carbocycles. The molecule has 1 aromatic heterocycles. The second-order valence-electron chi connectivity index (χ2n) is 8.33. The first kappa shape index (κ1) is 22.9. The van der Waals surface area contributed by atoms with Gasteiger partial charge in [0.05, 0.1) is 19.7 Å². The zero-order valence-corrected chi connectivity index (χ0v) is 19.6. The molecule has 0 spiro atoms. The molecule has 33 heavy (non-hydrogen) atoms. The van der Waals surface area contributed by atoms with Crippen LogP contribution in [0.4, 0.5) is 0 Å². The van der Waals surface area contributed by atoms with Crippen LogP contribution in [0.2, 0.25) is 0 Å². The summed E-state index contributed by atoms with van der Waals surface area (Å²) in [7, 11) is 3.56. The number of ether oxygens (including phenoxy) is 1. The molecule has 1 aliphatic rings. The number of rotatable bonds is 9. The van der Waals surface area contributed by atoms with Gasteiger partial charge in [0, 0.05) is 38.1 Å². The van der Waals surface area contributed by atoms with Gasteiger partial charge in [-0.1, -0.05) is 42.5 Å². The summed E-state index contributed by atoms with van der Waals surface area (Å²) in [5.41, 5.74) is 3.66. The van der Waals surface area contributed by atoms with Gasteiger partial charge in [0.15, 0.2) is 5.96 Å². The van der Waals surface area contributed by atoms with Gasteiger partial charge in [-0.15, -0.1) is 0 Å². The number of likely N-dealkylation sites (tertiary alicyclic amines) is 1. The molecule has 174 valence electrons. The van der Waals surface area contributed by atoms with E-state index >= 15 is 0 Å². The summed E-state index contributed by atoms with van der Waals surface area (Å²) in [4.78, 5) is 6.99. The molecule has 7 heteroatoms. The van der Waals surface area contributed by atoms with Crippen molar-refractivity contribution in [2.45, 2.75) is 32.0 Å². The van der Waals surface area contributed by atoms with E-state index in [1.807, 2.05) is 42.3 Å². The first-order chi connectivity index (χ1) is 16.3. The Hall–Kier alpha value is -3.32. The molecule has 0 saturated carbocycles. The van der Waals surface area contributed by atoms with Crippen molar-refractivity contribution in [3.63, 3.8) is 0 Å². The fraction of sp³-hybridized carbons (Fsp3) is 0.385. The number of hydrogen-bond acceptors (Lipinski definition) is 4. The van der Waals surface area contributed by atoms with E-state index in [1.54, 1.807) is 7.11 Å². The lowest BCUT2D eigenvalue weighted by Crippen LogP contribution is -2.42. The van der Waals surface area contributed by atoms with Gasteiger partial charge < -0.3 is 15.4 Å². The minimum Gasteiger partial charge on any atom is -0.496 e. The Kier molecular flexibility index (Phi) is 7.98. The van der Waals surface area contributed by atoms with Crippen molar-refractivity contribution in [1.29, 1.82) is 0 Å². The van der Waals surface area contributed by atoms with E-state index in [0.717, 1.165) is 37.9 Å². The summed E-state index contributed by atoms with van der Waals surface area (Å²) in [5, 5.41) is 11.3. The SMILES string of the molecule is CN=C(NCc1cccc(Cn2cccn2)c1)NCC(c1ccccc1OC)N1CCCC1. The van der Waals surface area contributed by atoms with E-state index in [2.05, 4.69) is 62.0 Å². The highest BCUT2D eigenvalue weighted by molar-refractivity contribution is 5.79. The summed E-state index contributed by atoms with van der Waals surface area (Å²) in [5.74, 6) is 1.74. The average Bonchev–Trinajstić information content (AvgIpc) is 3.56. The Bertz CT molecular complexity index is 1030. The van der Waals surface area contributed by atoms with Crippen LogP contribution >= 0.6 is 0 Å². The third kappa shape index (κ3) is 6.14. The number of hydrogen-bond donors (Lipinski definition) is 2. The van der Waals surface area contributed by atoms with Crippen LogP contribution in [-0.4, -0.2) is 54.4 Å². The molecule has 4 rings (SSSR count). The standard InChI is InChI=1S/C26H34N6O/c1-27-26(28-18-21-9-7-10-22(17-21)20-32-16-8-13-30-32)29-19-24(31-14-5-6-15-31)23-11-3-4-12-25(23)33-2/h3-4,7-13,16-17,24H,5-6,14-15,18-20H2,1-2H3,(H2,27,28,29). The highest BCUT2D eigenvalue weighted by atomic mass is 16.5. The molecule has 7 nitrogen and oxygen atoms in total. The number of nitrogens with zero attached hydrogens (tertiary/aromatic N) is 4. The molecule has 0 radical (unpaired) electrons. The Morgan fingerprint density at radius 3 is 2.64 bits per heavy atom. The minimum absolute atomic E-state index is 0.236. The smallest absolute Gasteiger partial charge is 0.191 e. The monoisotopic (exact) mass is 446 g/mol. The van der Waals surface area contributed by atoms with E-state index in [1.165, 1.54) is 29.5 Å². The highest BCUT2D eigenvalue weighted by Crippen LogP contribution is 2.31. The molecule has 2 heterocycles. The Balaban J connectivity index is 1.38. The normalized spacial score (nSPS) is 15.4. The van der Waals surface area contributed by atoms with Crippen LogP contribution < -0.4 is 15.4 Å². The predicted octanol–water partition coefficient (Wildman–Crippen LogP) is 3.44. The molecular formula is C26H34N6O. The van der Waals surface area contributed by atoms with Crippen molar-refractivity contribution in [3.8, 4) is 5.75 Å². The molecule has 0 aliphatic carbocycles. The minimum atomic E-state index is 0.236. The van der Waals surface area contributed by atoms with Crippen molar-refractivity contribution in [2.24, 2.45) is 4.99 Å². The van der Waals surface area contributed by atoms with Crippen molar-refractivity contribution in [2.75, 3.05) is 33.8 Å². The van der Waals surface area contributed by atoms with E-state index < -0.39 is 0 Å². The van der Waals surface area contributed by atoms with Crippen LogP contribution in [0.25, 0.3) is 0 Å². The first-order valence-electron chi connectivity index (χ1n) is 11.6. The third-order valence-corrected chi connectivity index (χ3v) is 6.12. The lowest BCUT2D eigenvalue weighted by molar-refractivity contribution is 0.239. The molecule has 0 bridgehead atoms. The fourth-order valence-electron chi connectivity index (χ4n) is 4.45. The zero-order valence-electron chi connectivity index (χ0n) is 19.6. The fourth-order valence-corrected chi connectivity index (χ4v) is 4.45. The number of methoxy groups -OCH3 is 1. The maximum absolute atomic E-state index is 5.67. The van der Waals surface area contributed by atoms with Gasteiger partial charge in [-0.2, -0.15) is 5.10 Å². The Morgan fingerprint density at radius 1 is 1.06 bits per heavy atom. The van der Waals surface area contributed by atoms with Crippen molar-refractivity contribution < 1.29 is 4.74 Å². The van der Waals surface area contributed by atoms with Gasteiger partial charge in [0.1, 0.15) is 5.75 Å². The summed E-state index contributed by atoms with van der Waals surface area (Å²) in [6, 6.07) is 19.1. The molecule has 1 aliphatic heterocycles. The Morgan fingerprint density at radius 2 is 1.88 bits per heavy atom. The molecule has 3 aromatic rings. The lowest BCUT2D eigenvalue weighted by Gasteiger charge is -2.30. The number of para-hydroxylation sites is 1. The molecule has 1 atom stereocenters. The zero-order chi connectivity index (χ0) is 22.9. The average molecular weight is 447 g/mol. The van der Waals surface area contributed by atoms with E-state index in [0.29, 0.717) is 6.54 Å². The topological polar surface area (TPSA) is 66.7 Å². The quantitative estimate of drug-likeness (QED) is 0.389. The number of aromatic nitrogens is 2. The van der Waals surface area contributed by atoms with Gasteiger partial charge in [-0.25, -0.2) is 0 Å². The van der Waals surface area contributed by atoms with Crippen molar-refractivity contribution in [3.05, 3.63) is 83.7 Å². The molecule has 2 N–H and O–H groups in total. The maximum Gasteiger partial charge on any atom is 0.191 e. The van der Waals surface area contributed by atoms with Gasteiger partial charge in [-0.3, -0.25) is 14.6 Å². The van der Waals surface area contributed by atoms with E-state index in [9.17, 15) is 0 Å². The largest absolute Gasteiger partial charge is 0.496 e. The number of guanidine groups is 1. The lowest BCUT2D eigenvalue weighted by atomic mass is 10.0. The molecule has 0 amide bonds. The second kappa shape index (κ2) is 11.5. The maximum atomic E-state index is 5.67. The Labute approximate surface area is 196 Å².